The SMILES string of the molecule is CNC(c1ccoc1Br)c1ccc(OC)c(Br)c1OC. The molecule has 0 spiro atoms. The Labute approximate surface area is 134 Å². The van der Waals surface area contributed by atoms with Gasteiger partial charge in [0, 0.05) is 11.1 Å². The van der Waals surface area contributed by atoms with Crippen molar-refractivity contribution in [3.63, 3.8) is 0 Å². The van der Waals surface area contributed by atoms with E-state index in [0.29, 0.717) is 4.67 Å². The molecule has 0 bridgehead atoms. The lowest BCUT2D eigenvalue weighted by Gasteiger charge is -2.20. The zero-order valence-corrected chi connectivity index (χ0v) is 14.5. The molecule has 0 radical (unpaired) electrons. The van der Waals surface area contributed by atoms with Crippen LogP contribution in [0.15, 0.2) is 38.0 Å². The molecule has 0 aliphatic rings. The van der Waals surface area contributed by atoms with Gasteiger partial charge in [-0.25, -0.2) is 0 Å². The number of benzene rings is 1. The van der Waals surface area contributed by atoms with Crippen LogP contribution in [0, 0.1) is 0 Å². The fourth-order valence-corrected chi connectivity index (χ4v) is 3.29. The molecule has 0 saturated heterocycles. The summed E-state index contributed by atoms with van der Waals surface area (Å²) in [6.45, 7) is 0. The van der Waals surface area contributed by atoms with Gasteiger partial charge in [-0.1, -0.05) is 0 Å². The number of methoxy groups -OCH3 is 2. The maximum Gasteiger partial charge on any atom is 0.174 e. The summed E-state index contributed by atoms with van der Waals surface area (Å²) in [6.07, 6.45) is 1.65. The molecule has 1 aromatic heterocycles. The van der Waals surface area contributed by atoms with Gasteiger partial charge in [0.1, 0.15) is 16.0 Å². The van der Waals surface area contributed by atoms with Gasteiger partial charge in [0.25, 0.3) is 0 Å². The smallest absolute Gasteiger partial charge is 0.174 e. The van der Waals surface area contributed by atoms with Crippen LogP contribution in [-0.4, -0.2) is 21.3 Å². The molecule has 0 aliphatic heterocycles. The van der Waals surface area contributed by atoms with E-state index in [4.69, 9.17) is 13.9 Å². The van der Waals surface area contributed by atoms with Gasteiger partial charge in [-0.05, 0) is 57.1 Å². The lowest BCUT2D eigenvalue weighted by Crippen LogP contribution is -2.18. The Morgan fingerprint density at radius 1 is 1.10 bits per heavy atom. The standard InChI is InChI=1S/C14H15Br2NO3/c1-17-12(9-6-7-20-14(9)16)8-4-5-10(18-2)11(15)13(8)19-3/h4-7,12,17H,1-3H3. The summed E-state index contributed by atoms with van der Waals surface area (Å²) in [7, 11) is 5.16. The van der Waals surface area contributed by atoms with Crippen molar-refractivity contribution >= 4 is 31.9 Å². The van der Waals surface area contributed by atoms with Crippen LogP contribution in [0.2, 0.25) is 0 Å². The largest absolute Gasteiger partial charge is 0.495 e. The summed E-state index contributed by atoms with van der Waals surface area (Å²) < 4.78 is 17.6. The van der Waals surface area contributed by atoms with Gasteiger partial charge in [-0.15, -0.1) is 0 Å². The molecule has 20 heavy (non-hydrogen) atoms. The third-order valence-corrected chi connectivity index (χ3v) is 4.47. The van der Waals surface area contributed by atoms with Crippen LogP contribution in [0.25, 0.3) is 0 Å². The second kappa shape index (κ2) is 6.65. The lowest BCUT2D eigenvalue weighted by molar-refractivity contribution is 0.383. The van der Waals surface area contributed by atoms with E-state index in [-0.39, 0.29) is 6.04 Å². The first-order valence-corrected chi connectivity index (χ1v) is 7.53. The fraction of sp³-hybridized carbons (Fsp3) is 0.286. The molecule has 1 aromatic carbocycles. The predicted octanol–water partition coefficient (Wildman–Crippen LogP) is 4.13. The second-order valence-corrected chi connectivity index (χ2v) is 5.59. The Kier molecular flexibility index (Phi) is 5.12. The molecular weight excluding hydrogens is 390 g/mol. The van der Waals surface area contributed by atoms with Crippen molar-refractivity contribution in [2.24, 2.45) is 0 Å². The minimum atomic E-state index is -0.0553. The minimum absolute atomic E-state index is 0.0553. The normalized spacial score (nSPS) is 12.2. The molecule has 0 aliphatic carbocycles. The Morgan fingerprint density at radius 3 is 2.35 bits per heavy atom. The molecule has 1 heterocycles. The number of ether oxygens (including phenoxy) is 2. The summed E-state index contributed by atoms with van der Waals surface area (Å²) >= 11 is 6.93. The van der Waals surface area contributed by atoms with Crippen molar-refractivity contribution in [3.8, 4) is 11.5 Å². The molecule has 0 amide bonds. The summed E-state index contributed by atoms with van der Waals surface area (Å²) in [5.41, 5.74) is 1.99. The first-order valence-electron chi connectivity index (χ1n) is 5.94. The number of halogens is 2. The fourth-order valence-electron chi connectivity index (χ4n) is 2.13. The Hall–Kier alpha value is -0.980. The quantitative estimate of drug-likeness (QED) is 0.813. The van der Waals surface area contributed by atoms with Gasteiger partial charge >= 0.3 is 0 Å². The molecule has 108 valence electrons. The van der Waals surface area contributed by atoms with Gasteiger partial charge in [-0.2, -0.15) is 0 Å². The molecular formula is C14H15Br2NO3. The van der Waals surface area contributed by atoms with Crippen molar-refractivity contribution < 1.29 is 13.9 Å². The van der Waals surface area contributed by atoms with E-state index in [1.54, 1.807) is 20.5 Å². The molecule has 4 nitrogen and oxygen atoms in total. The number of rotatable bonds is 5. The van der Waals surface area contributed by atoms with E-state index in [9.17, 15) is 0 Å². The molecule has 1 unspecified atom stereocenters. The molecule has 0 fully saturated rings. The van der Waals surface area contributed by atoms with Crippen LogP contribution in [0.1, 0.15) is 17.2 Å². The first-order chi connectivity index (χ1) is 9.63. The van der Waals surface area contributed by atoms with Crippen molar-refractivity contribution in [2.75, 3.05) is 21.3 Å². The highest BCUT2D eigenvalue weighted by Crippen LogP contribution is 2.42. The topological polar surface area (TPSA) is 43.6 Å². The van der Waals surface area contributed by atoms with E-state index < -0.39 is 0 Å². The monoisotopic (exact) mass is 403 g/mol. The van der Waals surface area contributed by atoms with Gasteiger partial charge in [0.15, 0.2) is 4.67 Å². The number of hydrogen-bond donors (Lipinski definition) is 1. The highest BCUT2D eigenvalue weighted by atomic mass is 79.9. The van der Waals surface area contributed by atoms with Crippen LogP contribution in [0.3, 0.4) is 0 Å². The van der Waals surface area contributed by atoms with E-state index in [1.165, 1.54) is 0 Å². The predicted molar refractivity (Wildman–Crippen MR) is 84.6 cm³/mol. The van der Waals surface area contributed by atoms with Crippen LogP contribution in [-0.2, 0) is 0 Å². The summed E-state index contributed by atoms with van der Waals surface area (Å²) in [6, 6.07) is 5.74. The number of hydrogen-bond acceptors (Lipinski definition) is 4. The zero-order valence-electron chi connectivity index (χ0n) is 11.4. The van der Waals surface area contributed by atoms with Gasteiger partial charge in [0.05, 0.1) is 26.5 Å². The number of furan rings is 1. The van der Waals surface area contributed by atoms with Crippen LogP contribution >= 0.6 is 31.9 Å². The molecule has 2 aromatic rings. The van der Waals surface area contributed by atoms with Crippen LogP contribution in [0.5, 0.6) is 11.5 Å². The maximum absolute atomic E-state index is 5.53. The third kappa shape index (κ3) is 2.73. The average Bonchev–Trinajstić information content (AvgIpc) is 2.86. The van der Waals surface area contributed by atoms with E-state index in [0.717, 1.165) is 27.1 Å². The Balaban J connectivity index is 2.56. The average molecular weight is 405 g/mol. The minimum Gasteiger partial charge on any atom is -0.495 e. The maximum atomic E-state index is 5.53. The summed E-state index contributed by atoms with van der Waals surface area (Å²) in [5.74, 6) is 1.46. The highest BCUT2D eigenvalue weighted by Gasteiger charge is 2.23. The molecule has 1 N–H and O–H groups in total. The van der Waals surface area contributed by atoms with Crippen LogP contribution in [0.4, 0.5) is 0 Å². The second-order valence-electron chi connectivity index (χ2n) is 4.08. The van der Waals surface area contributed by atoms with Crippen LogP contribution < -0.4 is 14.8 Å². The summed E-state index contributed by atoms with van der Waals surface area (Å²) in [4.78, 5) is 0. The van der Waals surface area contributed by atoms with Gasteiger partial charge in [-0.3, -0.25) is 0 Å². The highest BCUT2D eigenvalue weighted by molar-refractivity contribution is 9.10. The van der Waals surface area contributed by atoms with Crippen molar-refractivity contribution in [1.82, 2.24) is 5.32 Å². The first kappa shape index (κ1) is 15.4. The van der Waals surface area contributed by atoms with Crippen molar-refractivity contribution in [2.45, 2.75) is 6.04 Å². The lowest BCUT2D eigenvalue weighted by atomic mass is 10.00. The van der Waals surface area contributed by atoms with Gasteiger partial charge in [0.2, 0.25) is 0 Å². The number of nitrogens with one attached hydrogen (secondary N) is 1. The molecule has 2 rings (SSSR count). The summed E-state index contributed by atoms with van der Waals surface area (Å²) in [5, 5.41) is 3.27. The van der Waals surface area contributed by atoms with Crippen molar-refractivity contribution in [1.29, 1.82) is 0 Å². The molecule has 6 heteroatoms. The van der Waals surface area contributed by atoms with E-state index in [1.807, 2.05) is 25.2 Å². The van der Waals surface area contributed by atoms with Gasteiger partial charge < -0.3 is 19.2 Å². The Bertz CT molecular complexity index is 598. The van der Waals surface area contributed by atoms with Crippen molar-refractivity contribution in [3.05, 3.63) is 44.7 Å². The third-order valence-electron chi connectivity index (χ3n) is 3.07. The molecule has 0 saturated carbocycles. The van der Waals surface area contributed by atoms with E-state index >= 15 is 0 Å². The zero-order chi connectivity index (χ0) is 14.7. The molecule has 1 atom stereocenters. The van der Waals surface area contributed by atoms with E-state index in [2.05, 4.69) is 37.2 Å². The Morgan fingerprint density at radius 2 is 1.85 bits per heavy atom.